The molecule has 0 radical (unpaired) electrons. The van der Waals surface area contributed by atoms with Crippen LogP contribution in [0.3, 0.4) is 0 Å². The second kappa shape index (κ2) is 9.73. The quantitative estimate of drug-likeness (QED) is 0.202. The Kier molecular flexibility index (Phi) is 6.98. The molecule has 2 aromatic heterocycles. The minimum absolute atomic E-state index is 0.0906. The van der Waals surface area contributed by atoms with Gasteiger partial charge in [0.2, 0.25) is 10.0 Å². The van der Waals surface area contributed by atoms with E-state index < -0.39 is 20.0 Å². The molecule has 12 heteroatoms. The minimum atomic E-state index is -3.79. The molecule has 0 atom stereocenters. The molecule has 2 aromatic carbocycles. The molecule has 0 aliphatic heterocycles. The van der Waals surface area contributed by atoms with Crippen LogP contribution in [-0.2, 0) is 20.0 Å². The first-order valence-corrected chi connectivity index (χ1v) is 14.6. The van der Waals surface area contributed by atoms with E-state index in [0.717, 1.165) is 21.8 Å². The zero-order valence-corrected chi connectivity index (χ0v) is 19.8. The Morgan fingerprint density at radius 1 is 0.719 bits per heavy atom. The molecule has 0 saturated carbocycles. The minimum Gasteiger partial charge on any atom is -0.255 e. The number of nitrogens with one attached hydrogen (secondary N) is 2. The van der Waals surface area contributed by atoms with Crippen molar-refractivity contribution in [1.29, 1.82) is 0 Å². The molecule has 0 aliphatic carbocycles. The van der Waals surface area contributed by atoms with Gasteiger partial charge in [0.05, 0.1) is 11.0 Å². The average molecular weight is 507 g/mol. The first kappa shape index (κ1) is 23.0. The van der Waals surface area contributed by atoms with E-state index in [9.17, 15) is 16.8 Å². The van der Waals surface area contributed by atoms with Crippen molar-refractivity contribution in [3.8, 4) is 0 Å². The summed E-state index contributed by atoms with van der Waals surface area (Å²) in [5.41, 5.74) is 0.797. The Morgan fingerprint density at radius 3 is 1.84 bits per heavy atom. The first-order chi connectivity index (χ1) is 15.4. The van der Waals surface area contributed by atoms with Gasteiger partial charge in [-0.15, -0.1) is 4.13 Å². The summed E-state index contributed by atoms with van der Waals surface area (Å²) < 4.78 is 55.6. The molecule has 0 aliphatic rings. The smallest absolute Gasteiger partial charge is 0.252 e. The van der Waals surface area contributed by atoms with Crippen molar-refractivity contribution in [3.63, 3.8) is 0 Å². The molecule has 4 rings (SSSR count). The third-order valence-electron chi connectivity index (χ3n) is 4.45. The molecule has 0 amide bonds. The Bertz CT molecular complexity index is 1350. The van der Waals surface area contributed by atoms with Gasteiger partial charge in [-0.2, -0.15) is 0 Å². The highest BCUT2D eigenvalue weighted by molar-refractivity contribution is 8.77. The number of rotatable bonds is 9. The molecule has 2 N–H and O–H groups in total. The molecule has 32 heavy (non-hydrogen) atoms. The van der Waals surface area contributed by atoms with E-state index in [2.05, 4.69) is 18.8 Å². The van der Waals surface area contributed by atoms with Crippen molar-refractivity contribution >= 4 is 63.6 Å². The van der Waals surface area contributed by atoms with Crippen molar-refractivity contribution in [2.24, 2.45) is 0 Å². The predicted molar refractivity (Wildman–Crippen MR) is 129 cm³/mol. The van der Waals surface area contributed by atoms with Crippen molar-refractivity contribution in [2.75, 3.05) is 12.3 Å². The fourth-order valence-corrected chi connectivity index (χ4v) is 7.98. The topological polar surface area (TPSA) is 118 Å². The van der Waals surface area contributed by atoms with E-state index in [-0.39, 0.29) is 16.3 Å². The average Bonchev–Trinajstić information content (AvgIpc) is 2.80. The maximum Gasteiger partial charge on any atom is 0.252 e. The number of fused-ring (bicyclic) bond motifs is 2. The summed E-state index contributed by atoms with van der Waals surface area (Å²) in [7, 11) is -5.44. The van der Waals surface area contributed by atoms with E-state index >= 15 is 0 Å². The predicted octanol–water partition coefficient (Wildman–Crippen LogP) is 3.34. The highest BCUT2D eigenvalue weighted by Crippen LogP contribution is 2.25. The second-order valence-electron chi connectivity index (χ2n) is 6.55. The van der Waals surface area contributed by atoms with Gasteiger partial charge in [-0.25, -0.2) is 21.6 Å². The summed E-state index contributed by atoms with van der Waals surface area (Å²) in [6, 6.07) is 17.0. The monoisotopic (exact) mass is 506 g/mol. The summed E-state index contributed by atoms with van der Waals surface area (Å²) >= 11 is 0. The number of sulfonamides is 2. The fourth-order valence-electron chi connectivity index (χ4n) is 3.04. The summed E-state index contributed by atoms with van der Waals surface area (Å²) in [4.78, 5) is 8.54. The highest BCUT2D eigenvalue weighted by Gasteiger charge is 2.19. The molecule has 0 unspecified atom stereocenters. The van der Waals surface area contributed by atoms with Gasteiger partial charge in [0.15, 0.2) is 0 Å². The van der Waals surface area contributed by atoms with Gasteiger partial charge in [-0.05, 0) is 24.3 Å². The number of aromatic nitrogens is 2. The van der Waals surface area contributed by atoms with Crippen LogP contribution in [0.5, 0.6) is 0 Å². The maximum atomic E-state index is 12.7. The number of hydrogen-bond acceptors (Lipinski definition) is 8. The molecule has 4 aromatic rings. The van der Waals surface area contributed by atoms with Crippen LogP contribution in [0.4, 0.5) is 0 Å². The normalized spacial score (nSPS) is 12.4. The molecule has 0 spiro atoms. The van der Waals surface area contributed by atoms with Crippen LogP contribution in [-0.4, -0.2) is 39.1 Å². The summed E-state index contributed by atoms with van der Waals surface area (Å²) in [5, 5.41) is 1.46. The van der Waals surface area contributed by atoms with E-state index in [4.69, 9.17) is 0 Å². The van der Waals surface area contributed by atoms with Gasteiger partial charge in [-0.1, -0.05) is 47.2 Å². The zero-order chi connectivity index (χ0) is 22.6. The van der Waals surface area contributed by atoms with Gasteiger partial charge in [0.1, 0.15) is 9.79 Å². The first-order valence-electron chi connectivity index (χ1n) is 9.36. The number of nitrogens with zero attached hydrogens (tertiary/aromatic N) is 2. The Morgan fingerprint density at radius 2 is 1.25 bits per heavy atom. The van der Waals surface area contributed by atoms with Crippen LogP contribution >= 0.6 is 21.8 Å². The zero-order valence-electron chi connectivity index (χ0n) is 16.5. The van der Waals surface area contributed by atoms with Crippen molar-refractivity contribution in [2.45, 2.75) is 9.79 Å². The van der Waals surface area contributed by atoms with E-state index in [0.29, 0.717) is 16.8 Å². The van der Waals surface area contributed by atoms with Gasteiger partial charge in [0, 0.05) is 46.4 Å². The van der Waals surface area contributed by atoms with Crippen molar-refractivity contribution < 1.29 is 16.8 Å². The number of hydrogen-bond donors (Lipinski definition) is 2. The molecular formula is C20H18N4O4S4. The number of benzene rings is 2. The van der Waals surface area contributed by atoms with Crippen LogP contribution in [0.2, 0.25) is 0 Å². The molecular weight excluding hydrogens is 489 g/mol. The number of pyridine rings is 2. The van der Waals surface area contributed by atoms with Crippen molar-refractivity contribution in [3.05, 3.63) is 73.1 Å². The third kappa shape index (κ3) is 5.05. The lowest BCUT2D eigenvalue weighted by molar-refractivity contribution is 0.584. The Balaban J connectivity index is 1.33. The summed E-state index contributed by atoms with van der Waals surface area (Å²) in [6.45, 7) is 0.126. The third-order valence-corrected chi connectivity index (χ3v) is 9.96. The molecule has 0 bridgehead atoms. The number of para-hydroxylation sites is 2. The van der Waals surface area contributed by atoms with Gasteiger partial charge in [-0.3, -0.25) is 9.97 Å². The van der Waals surface area contributed by atoms with E-state index in [1.54, 1.807) is 60.9 Å². The standard InChI is InChI=1S/C20H18N4O4S4/c25-31(26,17-9-1-5-15-7-3-11-21-19(15)17)23-13-14-29-30-24-32(27,28)18-10-2-6-16-8-4-12-22-20(16)18/h1-12,23-24H,13-14H2. The Labute approximate surface area is 193 Å². The van der Waals surface area contributed by atoms with E-state index in [1.807, 2.05) is 0 Å². The highest BCUT2D eigenvalue weighted by atomic mass is 33.1. The van der Waals surface area contributed by atoms with Crippen LogP contribution in [0.1, 0.15) is 0 Å². The molecule has 0 saturated heterocycles. The SMILES string of the molecule is O=S(=O)(NCCSSNS(=O)(=O)c1cccc2cccnc12)c1cccc2cccnc12. The molecule has 0 fully saturated rings. The largest absolute Gasteiger partial charge is 0.255 e. The van der Waals surface area contributed by atoms with Crippen LogP contribution in [0.15, 0.2) is 82.8 Å². The van der Waals surface area contributed by atoms with Gasteiger partial charge < -0.3 is 0 Å². The van der Waals surface area contributed by atoms with Gasteiger partial charge in [0.25, 0.3) is 10.0 Å². The lowest BCUT2D eigenvalue weighted by Crippen LogP contribution is -2.26. The van der Waals surface area contributed by atoms with Crippen molar-refractivity contribution in [1.82, 2.24) is 18.8 Å². The van der Waals surface area contributed by atoms with Crippen LogP contribution < -0.4 is 8.85 Å². The van der Waals surface area contributed by atoms with Crippen LogP contribution in [0, 0.1) is 0 Å². The molecule has 166 valence electrons. The lowest BCUT2D eigenvalue weighted by Gasteiger charge is -2.09. The fraction of sp³-hybridized carbons (Fsp3) is 0.100. The lowest BCUT2D eigenvalue weighted by atomic mass is 10.2. The maximum absolute atomic E-state index is 12.7. The molecule has 8 nitrogen and oxygen atoms in total. The second-order valence-corrected chi connectivity index (χ2v) is 12.4. The molecule has 2 heterocycles. The summed E-state index contributed by atoms with van der Waals surface area (Å²) in [6.07, 6.45) is 3.09. The van der Waals surface area contributed by atoms with E-state index in [1.165, 1.54) is 22.9 Å². The Hall–Kier alpha value is -2.22. The van der Waals surface area contributed by atoms with Gasteiger partial charge >= 0.3 is 0 Å². The summed E-state index contributed by atoms with van der Waals surface area (Å²) in [5.74, 6) is 0.346. The van der Waals surface area contributed by atoms with Crippen LogP contribution in [0.25, 0.3) is 21.8 Å².